The minimum atomic E-state index is 0.734. The summed E-state index contributed by atoms with van der Waals surface area (Å²) in [4.78, 5) is 7.95. The fourth-order valence-electron chi connectivity index (χ4n) is 0.684. The topological polar surface area (TPSA) is 54.5 Å². The molecule has 1 N–H and O–H groups in total. The van der Waals surface area contributed by atoms with Crippen LogP contribution >= 0.6 is 0 Å². The summed E-state index contributed by atoms with van der Waals surface area (Å²) >= 11 is 0. The Hall–Kier alpha value is -1.45. The first kappa shape index (κ1) is 4.43. The molecule has 44 valence electrons. The molecular weight excluding hydrogens is 116 g/mol. The van der Waals surface area contributed by atoms with Gasteiger partial charge < -0.3 is 0 Å². The van der Waals surface area contributed by atoms with Gasteiger partial charge in [0.1, 0.15) is 5.52 Å². The van der Waals surface area contributed by atoms with Crippen molar-refractivity contribution in [3.63, 3.8) is 0 Å². The SMILES string of the molecule is c1cnc2[nH]ncc2n1. The Labute approximate surface area is 50.9 Å². The summed E-state index contributed by atoms with van der Waals surface area (Å²) in [5.74, 6) is 0. The number of nitrogens with zero attached hydrogens (tertiary/aromatic N) is 3. The predicted molar refractivity (Wildman–Crippen MR) is 31.7 cm³/mol. The lowest BCUT2D eigenvalue weighted by Gasteiger charge is -1.80. The fraction of sp³-hybridized carbons (Fsp3) is 0. The van der Waals surface area contributed by atoms with Crippen molar-refractivity contribution in [3.8, 4) is 0 Å². The maximum absolute atomic E-state index is 3.98. The van der Waals surface area contributed by atoms with Gasteiger partial charge in [0.05, 0.1) is 6.20 Å². The third-order valence-electron chi connectivity index (χ3n) is 1.08. The summed E-state index contributed by atoms with van der Waals surface area (Å²) in [5, 5.41) is 6.45. The van der Waals surface area contributed by atoms with Crippen molar-refractivity contribution in [1.82, 2.24) is 20.2 Å². The van der Waals surface area contributed by atoms with Crippen LogP contribution in [0.25, 0.3) is 11.2 Å². The molecule has 0 saturated heterocycles. The second-order valence-corrected chi connectivity index (χ2v) is 1.66. The van der Waals surface area contributed by atoms with Crippen molar-refractivity contribution in [1.29, 1.82) is 0 Å². The standard InChI is InChI=1S/C5H4N4/c1-2-7-5-4(6-1)3-8-9-5/h1-3H,(H,7,8,9). The van der Waals surface area contributed by atoms with E-state index in [1.807, 2.05) is 0 Å². The highest BCUT2D eigenvalue weighted by Gasteiger charge is 1.91. The maximum atomic E-state index is 3.98. The van der Waals surface area contributed by atoms with Gasteiger partial charge in [0.2, 0.25) is 0 Å². The molecular formula is C5H4N4. The summed E-state index contributed by atoms with van der Waals surface area (Å²) < 4.78 is 0. The average Bonchev–Trinajstić information content (AvgIpc) is 2.33. The Kier molecular flexibility index (Phi) is 0.745. The minimum absolute atomic E-state index is 0.734. The van der Waals surface area contributed by atoms with E-state index in [1.165, 1.54) is 0 Å². The molecule has 0 aliphatic heterocycles. The van der Waals surface area contributed by atoms with Crippen LogP contribution in [0.15, 0.2) is 18.6 Å². The molecule has 0 amide bonds. The van der Waals surface area contributed by atoms with Gasteiger partial charge in [-0.15, -0.1) is 0 Å². The van der Waals surface area contributed by atoms with Gasteiger partial charge in [-0.1, -0.05) is 0 Å². The van der Waals surface area contributed by atoms with Crippen molar-refractivity contribution in [3.05, 3.63) is 18.6 Å². The number of rotatable bonds is 0. The zero-order valence-corrected chi connectivity index (χ0v) is 4.57. The molecule has 4 heteroatoms. The van der Waals surface area contributed by atoms with Crippen molar-refractivity contribution in [2.24, 2.45) is 0 Å². The summed E-state index contributed by atoms with van der Waals surface area (Å²) in [6.45, 7) is 0. The van der Waals surface area contributed by atoms with E-state index in [9.17, 15) is 0 Å². The smallest absolute Gasteiger partial charge is 0.174 e. The molecule has 0 atom stereocenters. The first-order chi connectivity index (χ1) is 4.47. The van der Waals surface area contributed by atoms with Gasteiger partial charge in [-0.05, 0) is 0 Å². The molecule has 0 unspecified atom stereocenters. The summed E-state index contributed by atoms with van der Waals surface area (Å²) in [6, 6.07) is 0. The van der Waals surface area contributed by atoms with Gasteiger partial charge in [-0.2, -0.15) is 5.10 Å². The van der Waals surface area contributed by atoms with Gasteiger partial charge in [0.25, 0.3) is 0 Å². The van der Waals surface area contributed by atoms with Crippen LogP contribution < -0.4 is 0 Å². The van der Waals surface area contributed by atoms with Crippen LogP contribution in [0.4, 0.5) is 0 Å². The summed E-state index contributed by atoms with van der Waals surface area (Å²) in [6.07, 6.45) is 4.90. The molecule has 2 rings (SSSR count). The van der Waals surface area contributed by atoms with Gasteiger partial charge in [0, 0.05) is 12.4 Å². The lowest BCUT2D eigenvalue weighted by molar-refractivity contribution is 1.10. The molecule has 0 bridgehead atoms. The third-order valence-corrected chi connectivity index (χ3v) is 1.08. The van der Waals surface area contributed by atoms with Crippen LogP contribution in [0.2, 0.25) is 0 Å². The molecule has 0 spiro atoms. The van der Waals surface area contributed by atoms with Crippen LogP contribution in [0.3, 0.4) is 0 Å². The van der Waals surface area contributed by atoms with Crippen molar-refractivity contribution in [2.45, 2.75) is 0 Å². The van der Waals surface area contributed by atoms with Gasteiger partial charge in [0.15, 0.2) is 5.65 Å². The van der Waals surface area contributed by atoms with Crippen molar-refractivity contribution in [2.75, 3.05) is 0 Å². The highest BCUT2D eigenvalue weighted by molar-refractivity contribution is 5.67. The number of hydrogen-bond acceptors (Lipinski definition) is 3. The van der Waals surface area contributed by atoms with E-state index >= 15 is 0 Å². The quantitative estimate of drug-likeness (QED) is 0.545. The molecule has 2 aromatic rings. The first-order valence-electron chi connectivity index (χ1n) is 2.57. The normalized spacial score (nSPS) is 10.2. The molecule has 4 nitrogen and oxygen atoms in total. The third kappa shape index (κ3) is 0.561. The van der Waals surface area contributed by atoms with Crippen LogP contribution in [-0.2, 0) is 0 Å². The largest absolute Gasteiger partial charge is 0.259 e. The average molecular weight is 120 g/mol. The zero-order valence-electron chi connectivity index (χ0n) is 4.57. The number of aromatic nitrogens is 4. The Bertz CT molecular complexity index is 283. The number of nitrogens with one attached hydrogen (secondary N) is 1. The number of fused-ring (bicyclic) bond motifs is 1. The lowest BCUT2D eigenvalue weighted by atomic mass is 10.6. The molecule has 2 aromatic heterocycles. The van der Waals surface area contributed by atoms with Crippen molar-refractivity contribution < 1.29 is 0 Å². The Morgan fingerprint density at radius 1 is 1.22 bits per heavy atom. The van der Waals surface area contributed by atoms with Crippen molar-refractivity contribution >= 4 is 11.2 Å². The monoisotopic (exact) mass is 120 g/mol. The van der Waals surface area contributed by atoms with Gasteiger partial charge >= 0.3 is 0 Å². The molecule has 0 radical (unpaired) electrons. The molecule has 0 aliphatic rings. The van der Waals surface area contributed by atoms with E-state index in [1.54, 1.807) is 18.6 Å². The Morgan fingerprint density at radius 3 is 3.00 bits per heavy atom. The Balaban J connectivity index is 2.95. The predicted octanol–water partition coefficient (Wildman–Crippen LogP) is 0.353. The molecule has 2 heterocycles. The van der Waals surface area contributed by atoms with Crippen LogP contribution in [0.5, 0.6) is 0 Å². The lowest BCUT2D eigenvalue weighted by Crippen LogP contribution is -1.76. The fourth-order valence-corrected chi connectivity index (χ4v) is 0.684. The molecule has 0 aromatic carbocycles. The van der Waals surface area contributed by atoms with E-state index in [-0.39, 0.29) is 0 Å². The summed E-state index contributed by atoms with van der Waals surface area (Å²) in [5.41, 5.74) is 1.54. The van der Waals surface area contributed by atoms with Crippen LogP contribution in [0.1, 0.15) is 0 Å². The Morgan fingerprint density at radius 2 is 2.11 bits per heavy atom. The molecule has 0 aliphatic carbocycles. The first-order valence-corrected chi connectivity index (χ1v) is 2.57. The highest BCUT2D eigenvalue weighted by Crippen LogP contribution is 1.98. The van der Waals surface area contributed by atoms with E-state index in [2.05, 4.69) is 20.2 Å². The maximum Gasteiger partial charge on any atom is 0.174 e. The summed E-state index contributed by atoms with van der Waals surface area (Å²) in [7, 11) is 0. The van der Waals surface area contributed by atoms with Gasteiger partial charge in [-0.3, -0.25) is 5.10 Å². The second kappa shape index (κ2) is 1.51. The molecule has 0 saturated carbocycles. The van der Waals surface area contributed by atoms with Crippen LogP contribution in [-0.4, -0.2) is 20.2 Å². The molecule has 9 heavy (non-hydrogen) atoms. The number of hydrogen-bond donors (Lipinski definition) is 1. The highest BCUT2D eigenvalue weighted by atomic mass is 15.1. The second-order valence-electron chi connectivity index (χ2n) is 1.66. The van der Waals surface area contributed by atoms with Crippen LogP contribution in [0, 0.1) is 0 Å². The number of aromatic amines is 1. The van der Waals surface area contributed by atoms with E-state index in [4.69, 9.17) is 0 Å². The number of H-pyrrole nitrogens is 1. The van der Waals surface area contributed by atoms with Gasteiger partial charge in [-0.25, -0.2) is 9.97 Å². The zero-order chi connectivity index (χ0) is 6.10. The minimum Gasteiger partial charge on any atom is -0.259 e. The van der Waals surface area contributed by atoms with E-state index < -0.39 is 0 Å². The molecule has 0 fully saturated rings. The van der Waals surface area contributed by atoms with E-state index in [0.717, 1.165) is 11.2 Å². The van der Waals surface area contributed by atoms with E-state index in [0.29, 0.717) is 0 Å².